The molecule has 0 radical (unpaired) electrons. The van der Waals surface area contributed by atoms with Gasteiger partial charge in [0.1, 0.15) is 0 Å². The van der Waals surface area contributed by atoms with E-state index in [-0.39, 0.29) is 21.3 Å². The van der Waals surface area contributed by atoms with Gasteiger partial charge in [-0.2, -0.15) is 4.31 Å². The molecule has 8 heteroatoms. The fourth-order valence-corrected chi connectivity index (χ4v) is 5.63. The standard InChI is InChI=1S/C13H14ClN3O2S2/c1-9-12(20-13(14)16-9)21(18,19)17(11-5-6-11)8-10-4-2-3-7-15-10/h2-4,7,11H,5-6,8H2,1H3. The number of sulfonamides is 1. The molecular weight excluding hydrogens is 330 g/mol. The topological polar surface area (TPSA) is 63.2 Å². The molecule has 0 aromatic carbocycles. The third kappa shape index (κ3) is 3.11. The highest BCUT2D eigenvalue weighted by Gasteiger charge is 2.40. The maximum absolute atomic E-state index is 12.9. The predicted molar refractivity (Wildman–Crippen MR) is 81.8 cm³/mol. The van der Waals surface area contributed by atoms with Crippen molar-refractivity contribution in [2.45, 2.75) is 36.6 Å². The van der Waals surface area contributed by atoms with Crippen molar-refractivity contribution in [1.82, 2.24) is 14.3 Å². The number of rotatable bonds is 5. The Morgan fingerprint density at radius 3 is 2.71 bits per heavy atom. The van der Waals surface area contributed by atoms with E-state index in [0.29, 0.717) is 5.69 Å². The summed E-state index contributed by atoms with van der Waals surface area (Å²) in [6.45, 7) is 1.95. The molecule has 0 unspecified atom stereocenters. The number of hydrogen-bond donors (Lipinski definition) is 0. The molecule has 0 bridgehead atoms. The SMILES string of the molecule is Cc1nc(Cl)sc1S(=O)(=O)N(Cc1ccccn1)C1CC1. The van der Waals surface area contributed by atoms with Crippen molar-refractivity contribution in [3.63, 3.8) is 0 Å². The molecule has 21 heavy (non-hydrogen) atoms. The van der Waals surface area contributed by atoms with E-state index >= 15 is 0 Å². The summed E-state index contributed by atoms with van der Waals surface area (Å²) in [7, 11) is -3.58. The molecular formula is C13H14ClN3O2S2. The van der Waals surface area contributed by atoms with E-state index in [4.69, 9.17) is 11.6 Å². The Labute approximate surface area is 132 Å². The molecule has 0 saturated heterocycles. The number of halogens is 1. The van der Waals surface area contributed by atoms with Crippen LogP contribution in [-0.2, 0) is 16.6 Å². The third-order valence-corrected chi connectivity index (χ3v) is 7.02. The summed E-state index contributed by atoms with van der Waals surface area (Å²) in [5, 5.41) is 0. The first kappa shape index (κ1) is 14.9. The summed E-state index contributed by atoms with van der Waals surface area (Å²) in [6, 6.07) is 5.55. The second kappa shape index (κ2) is 5.64. The second-order valence-corrected chi connectivity index (χ2v) is 8.61. The number of aromatic nitrogens is 2. The van der Waals surface area contributed by atoms with Crippen molar-refractivity contribution in [3.8, 4) is 0 Å². The minimum atomic E-state index is -3.58. The van der Waals surface area contributed by atoms with Crippen LogP contribution in [0.1, 0.15) is 24.2 Å². The van der Waals surface area contributed by atoms with Gasteiger partial charge in [0.25, 0.3) is 10.0 Å². The smallest absolute Gasteiger partial charge is 0.255 e. The molecule has 0 atom stereocenters. The summed E-state index contributed by atoms with van der Waals surface area (Å²) < 4.78 is 27.7. The summed E-state index contributed by atoms with van der Waals surface area (Å²) in [6.07, 6.45) is 3.44. The van der Waals surface area contributed by atoms with Gasteiger partial charge in [0.05, 0.1) is 17.9 Å². The average Bonchev–Trinajstić information content (AvgIpc) is 3.21. The molecule has 1 aliphatic rings. The Bertz CT molecular complexity index is 742. The summed E-state index contributed by atoms with van der Waals surface area (Å²) >= 11 is 6.85. The van der Waals surface area contributed by atoms with Gasteiger partial charge in [0.15, 0.2) is 8.68 Å². The van der Waals surface area contributed by atoms with Crippen LogP contribution in [0.2, 0.25) is 4.47 Å². The highest BCUT2D eigenvalue weighted by molar-refractivity contribution is 7.91. The normalized spacial score (nSPS) is 15.6. The van der Waals surface area contributed by atoms with E-state index in [1.54, 1.807) is 13.1 Å². The molecule has 0 aliphatic heterocycles. The van der Waals surface area contributed by atoms with Crippen molar-refractivity contribution in [2.24, 2.45) is 0 Å². The Morgan fingerprint density at radius 2 is 2.19 bits per heavy atom. The molecule has 0 spiro atoms. The van der Waals surface area contributed by atoms with Crippen molar-refractivity contribution in [2.75, 3.05) is 0 Å². The minimum Gasteiger partial charge on any atom is -0.260 e. The van der Waals surface area contributed by atoms with Crippen molar-refractivity contribution in [3.05, 3.63) is 40.3 Å². The predicted octanol–water partition coefficient (Wildman–Crippen LogP) is 2.85. The van der Waals surface area contributed by atoms with Gasteiger partial charge in [-0.25, -0.2) is 13.4 Å². The van der Waals surface area contributed by atoms with Gasteiger partial charge in [-0.05, 0) is 31.9 Å². The zero-order valence-electron chi connectivity index (χ0n) is 11.4. The molecule has 1 saturated carbocycles. The summed E-state index contributed by atoms with van der Waals surface area (Å²) in [4.78, 5) is 8.23. The van der Waals surface area contributed by atoms with Crippen LogP contribution in [0.25, 0.3) is 0 Å². The van der Waals surface area contributed by atoms with E-state index in [1.165, 1.54) is 4.31 Å². The summed E-state index contributed by atoms with van der Waals surface area (Å²) in [5.74, 6) is 0. The quantitative estimate of drug-likeness (QED) is 0.837. The molecule has 3 rings (SSSR count). The van der Waals surface area contributed by atoms with Gasteiger partial charge in [-0.1, -0.05) is 29.0 Å². The molecule has 2 aromatic rings. The Balaban J connectivity index is 1.95. The number of thiazole rings is 1. The first-order valence-electron chi connectivity index (χ1n) is 6.53. The van der Waals surface area contributed by atoms with E-state index in [0.717, 1.165) is 29.9 Å². The number of pyridine rings is 1. The minimum absolute atomic E-state index is 0.0530. The van der Waals surface area contributed by atoms with Crippen molar-refractivity contribution >= 4 is 33.0 Å². The van der Waals surface area contributed by atoms with Crippen molar-refractivity contribution < 1.29 is 8.42 Å². The zero-order chi connectivity index (χ0) is 15.0. The Morgan fingerprint density at radius 1 is 1.43 bits per heavy atom. The highest BCUT2D eigenvalue weighted by Crippen LogP contribution is 2.36. The van der Waals surface area contributed by atoms with Gasteiger partial charge in [0, 0.05) is 12.2 Å². The molecule has 5 nitrogen and oxygen atoms in total. The monoisotopic (exact) mass is 343 g/mol. The zero-order valence-corrected chi connectivity index (χ0v) is 13.7. The first-order valence-corrected chi connectivity index (χ1v) is 9.16. The molecule has 2 aromatic heterocycles. The maximum Gasteiger partial charge on any atom is 0.255 e. The lowest BCUT2D eigenvalue weighted by atomic mass is 10.3. The maximum atomic E-state index is 12.9. The van der Waals surface area contributed by atoms with Crippen LogP contribution >= 0.6 is 22.9 Å². The van der Waals surface area contributed by atoms with Crippen LogP contribution in [-0.4, -0.2) is 28.7 Å². The summed E-state index contributed by atoms with van der Waals surface area (Å²) in [5.41, 5.74) is 1.19. The molecule has 1 fully saturated rings. The molecule has 0 amide bonds. The molecule has 2 heterocycles. The van der Waals surface area contributed by atoms with Crippen LogP contribution < -0.4 is 0 Å². The van der Waals surface area contributed by atoms with Crippen LogP contribution in [0.15, 0.2) is 28.6 Å². The van der Waals surface area contributed by atoms with E-state index in [1.807, 2.05) is 18.2 Å². The van der Waals surface area contributed by atoms with E-state index < -0.39 is 10.0 Å². The Hall–Kier alpha value is -1.02. The fourth-order valence-electron chi connectivity index (χ4n) is 2.12. The molecule has 112 valence electrons. The van der Waals surface area contributed by atoms with Crippen LogP contribution in [0.3, 0.4) is 0 Å². The number of hydrogen-bond acceptors (Lipinski definition) is 5. The lowest BCUT2D eigenvalue weighted by Gasteiger charge is -2.20. The number of nitrogens with zero attached hydrogens (tertiary/aromatic N) is 3. The van der Waals surface area contributed by atoms with E-state index in [2.05, 4.69) is 9.97 Å². The van der Waals surface area contributed by atoms with Gasteiger partial charge in [0.2, 0.25) is 0 Å². The lowest BCUT2D eigenvalue weighted by Crippen LogP contribution is -2.32. The first-order chi connectivity index (χ1) is 9.98. The van der Waals surface area contributed by atoms with Crippen LogP contribution in [0.4, 0.5) is 0 Å². The third-order valence-electron chi connectivity index (χ3n) is 3.27. The molecule has 1 aliphatic carbocycles. The van der Waals surface area contributed by atoms with Gasteiger partial charge >= 0.3 is 0 Å². The fraction of sp³-hybridized carbons (Fsp3) is 0.385. The largest absolute Gasteiger partial charge is 0.260 e. The Kier molecular flexibility index (Phi) is 4.00. The van der Waals surface area contributed by atoms with Gasteiger partial charge in [-0.3, -0.25) is 4.98 Å². The number of aryl methyl sites for hydroxylation is 1. The second-order valence-electron chi connectivity index (χ2n) is 4.94. The molecule has 0 N–H and O–H groups in total. The van der Waals surface area contributed by atoms with Crippen molar-refractivity contribution in [1.29, 1.82) is 0 Å². The van der Waals surface area contributed by atoms with Gasteiger partial charge in [-0.15, -0.1) is 0 Å². The van der Waals surface area contributed by atoms with Crippen LogP contribution in [0, 0.1) is 6.92 Å². The highest BCUT2D eigenvalue weighted by atomic mass is 35.5. The lowest BCUT2D eigenvalue weighted by molar-refractivity contribution is 0.395. The van der Waals surface area contributed by atoms with Crippen LogP contribution in [0.5, 0.6) is 0 Å². The average molecular weight is 344 g/mol. The van der Waals surface area contributed by atoms with Gasteiger partial charge < -0.3 is 0 Å². The van der Waals surface area contributed by atoms with E-state index in [9.17, 15) is 8.42 Å².